The van der Waals surface area contributed by atoms with E-state index in [2.05, 4.69) is 10.3 Å². The Labute approximate surface area is 212 Å². The van der Waals surface area contributed by atoms with Crippen LogP contribution in [-0.2, 0) is 17.8 Å². The average molecular weight is 493 g/mol. The Morgan fingerprint density at radius 3 is 2.57 bits per heavy atom. The maximum absolute atomic E-state index is 12.4. The first-order chi connectivity index (χ1) is 17.9. The number of aldehydes is 1. The number of rotatable bonds is 7. The Bertz CT molecular complexity index is 1630. The van der Waals surface area contributed by atoms with Crippen LogP contribution in [0.3, 0.4) is 0 Å². The first-order valence-corrected chi connectivity index (χ1v) is 11.6. The van der Waals surface area contributed by atoms with Gasteiger partial charge in [0, 0.05) is 24.1 Å². The molecule has 9 nitrogen and oxygen atoms in total. The zero-order chi connectivity index (χ0) is 25.9. The Balaban J connectivity index is 1.37. The fraction of sp³-hybridized carbons (Fsp3) is 0.107. The lowest BCUT2D eigenvalue weighted by Crippen LogP contribution is -2.24. The number of nitrogens with one attached hydrogen (secondary N) is 1. The summed E-state index contributed by atoms with van der Waals surface area (Å²) in [6.45, 7) is 2.26. The molecule has 2 aromatic carbocycles. The fourth-order valence-corrected chi connectivity index (χ4v) is 4.09. The lowest BCUT2D eigenvalue weighted by molar-refractivity contribution is -0.120. The van der Waals surface area contributed by atoms with Gasteiger partial charge in [0.1, 0.15) is 17.1 Å². The molecule has 0 fully saturated rings. The number of benzene rings is 2. The van der Waals surface area contributed by atoms with Crippen molar-refractivity contribution < 1.29 is 14.7 Å². The second-order valence-electron chi connectivity index (χ2n) is 8.63. The van der Waals surface area contributed by atoms with Crippen LogP contribution in [0.4, 0.5) is 5.82 Å². The van der Waals surface area contributed by atoms with E-state index in [4.69, 9.17) is 15.7 Å². The molecule has 0 atom stereocenters. The lowest BCUT2D eigenvalue weighted by Gasteiger charge is -2.12. The highest BCUT2D eigenvalue weighted by molar-refractivity contribution is 5.83. The van der Waals surface area contributed by atoms with Gasteiger partial charge < -0.3 is 16.2 Å². The number of pyridine rings is 2. The van der Waals surface area contributed by atoms with Gasteiger partial charge in [0.05, 0.1) is 17.5 Å². The van der Waals surface area contributed by atoms with Crippen molar-refractivity contribution in [3.63, 3.8) is 0 Å². The molecule has 0 radical (unpaired) electrons. The van der Waals surface area contributed by atoms with Crippen molar-refractivity contribution in [1.82, 2.24) is 24.8 Å². The third kappa shape index (κ3) is 4.87. The van der Waals surface area contributed by atoms with Crippen LogP contribution in [-0.4, -0.2) is 36.8 Å². The molecule has 0 aliphatic heterocycles. The van der Waals surface area contributed by atoms with Crippen LogP contribution < -0.4 is 11.1 Å². The van der Waals surface area contributed by atoms with E-state index in [1.54, 1.807) is 12.3 Å². The van der Waals surface area contributed by atoms with Gasteiger partial charge in [-0.3, -0.25) is 14.2 Å². The highest BCUT2D eigenvalue weighted by Gasteiger charge is 2.18. The van der Waals surface area contributed by atoms with Gasteiger partial charge in [-0.15, -0.1) is 0 Å². The SMILES string of the molecule is Cc1ccc2nc(-c3cccnc3N)n(-c3ccc(CNC(=O)Cc4ccc(C=O)c(O)c4)cc3)c2n1. The van der Waals surface area contributed by atoms with Gasteiger partial charge in [-0.05, 0) is 66.6 Å². The quantitative estimate of drug-likeness (QED) is 0.294. The number of carbonyl (C=O) groups is 2. The number of carbonyl (C=O) groups excluding carboxylic acids is 2. The molecule has 0 unspecified atom stereocenters. The average Bonchev–Trinajstić information content (AvgIpc) is 3.26. The molecule has 3 aromatic heterocycles. The predicted molar refractivity (Wildman–Crippen MR) is 140 cm³/mol. The Morgan fingerprint density at radius 1 is 1.05 bits per heavy atom. The summed E-state index contributed by atoms with van der Waals surface area (Å²) in [5, 5.41) is 12.7. The fourth-order valence-electron chi connectivity index (χ4n) is 4.09. The highest BCUT2D eigenvalue weighted by Crippen LogP contribution is 2.30. The van der Waals surface area contributed by atoms with Crippen LogP contribution in [0.2, 0.25) is 0 Å². The van der Waals surface area contributed by atoms with Gasteiger partial charge in [-0.1, -0.05) is 18.2 Å². The van der Waals surface area contributed by atoms with Crippen molar-refractivity contribution in [3.05, 3.63) is 95.3 Å². The normalized spacial score (nSPS) is 10.9. The van der Waals surface area contributed by atoms with Crippen LogP contribution in [0.1, 0.15) is 27.2 Å². The first-order valence-electron chi connectivity index (χ1n) is 11.6. The van der Waals surface area contributed by atoms with E-state index in [0.29, 0.717) is 41.2 Å². The minimum Gasteiger partial charge on any atom is -0.507 e. The number of nitrogens with zero attached hydrogens (tertiary/aromatic N) is 4. The maximum atomic E-state index is 12.4. The van der Waals surface area contributed by atoms with Gasteiger partial charge in [0.15, 0.2) is 17.8 Å². The molecule has 0 spiro atoms. The minimum absolute atomic E-state index is 0.0900. The zero-order valence-corrected chi connectivity index (χ0v) is 20.0. The number of imidazole rings is 1. The van der Waals surface area contributed by atoms with Crippen LogP contribution in [0.15, 0.2) is 72.9 Å². The van der Waals surface area contributed by atoms with E-state index in [9.17, 15) is 14.7 Å². The number of anilines is 1. The zero-order valence-electron chi connectivity index (χ0n) is 20.0. The lowest BCUT2D eigenvalue weighted by atomic mass is 10.1. The third-order valence-corrected chi connectivity index (χ3v) is 5.99. The van der Waals surface area contributed by atoms with Crippen molar-refractivity contribution in [2.45, 2.75) is 19.9 Å². The van der Waals surface area contributed by atoms with Gasteiger partial charge in [-0.25, -0.2) is 15.0 Å². The van der Waals surface area contributed by atoms with Gasteiger partial charge >= 0.3 is 0 Å². The molecule has 9 heteroatoms. The molecule has 4 N–H and O–H groups in total. The summed E-state index contributed by atoms with van der Waals surface area (Å²) in [5.41, 5.74) is 11.8. The van der Waals surface area contributed by atoms with Gasteiger partial charge in [0.2, 0.25) is 5.91 Å². The number of fused-ring (bicyclic) bond motifs is 1. The number of amides is 1. The molecule has 0 aliphatic rings. The van der Waals surface area contributed by atoms with E-state index in [1.807, 2.05) is 60.0 Å². The van der Waals surface area contributed by atoms with Crippen LogP contribution >= 0.6 is 0 Å². The molecule has 1 amide bonds. The number of hydrogen-bond acceptors (Lipinski definition) is 7. The van der Waals surface area contributed by atoms with E-state index in [-0.39, 0.29) is 23.6 Å². The first kappa shape index (κ1) is 23.7. The Morgan fingerprint density at radius 2 is 1.84 bits per heavy atom. The van der Waals surface area contributed by atoms with E-state index >= 15 is 0 Å². The van der Waals surface area contributed by atoms with Gasteiger partial charge in [0.25, 0.3) is 0 Å². The number of phenolic OH excluding ortho intramolecular Hbond substituents is 1. The van der Waals surface area contributed by atoms with Crippen molar-refractivity contribution >= 4 is 29.2 Å². The Hall–Kier alpha value is -5.05. The van der Waals surface area contributed by atoms with Crippen molar-refractivity contribution in [1.29, 1.82) is 0 Å². The second kappa shape index (κ2) is 9.90. The summed E-state index contributed by atoms with van der Waals surface area (Å²) in [5.74, 6) is 0.685. The number of nitrogen functional groups attached to an aromatic ring is 1. The third-order valence-electron chi connectivity index (χ3n) is 5.99. The molecule has 5 aromatic rings. The molecule has 0 saturated heterocycles. The molecule has 184 valence electrons. The topological polar surface area (TPSA) is 136 Å². The maximum Gasteiger partial charge on any atom is 0.224 e. The summed E-state index contributed by atoms with van der Waals surface area (Å²) in [6, 6.07) is 19.9. The van der Waals surface area contributed by atoms with Crippen LogP contribution in [0.25, 0.3) is 28.2 Å². The smallest absolute Gasteiger partial charge is 0.224 e. The second-order valence-corrected chi connectivity index (χ2v) is 8.63. The van der Waals surface area contributed by atoms with Crippen molar-refractivity contribution in [3.8, 4) is 22.8 Å². The van der Waals surface area contributed by atoms with Crippen LogP contribution in [0, 0.1) is 6.92 Å². The minimum atomic E-state index is -0.197. The van der Waals surface area contributed by atoms with Gasteiger partial charge in [-0.2, -0.15) is 0 Å². The molecule has 0 aliphatic carbocycles. The summed E-state index contributed by atoms with van der Waals surface area (Å²) < 4.78 is 1.95. The molecule has 5 rings (SSSR count). The highest BCUT2D eigenvalue weighted by atomic mass is 16.3. The summed E-state index contributed by atoms with van der Waals surface area (Å²) in [7, 11) is 0. The van der Waals surface area contributed by atoms with E-state index < -0.39 is 0 Å². The largest absolute Gasteiger partial charge is 0.507 e. The molecular weight excluding hydrogens is 468 g/mol. The Kier molecular flexibility index (Phi) is 6.34. The number of hydrogen-bond donors (Lipinski definition) is 3. The number of aryl methyl sites for hydroxylation is 1. The summed E-state index contributed by atoms with van der Waals surface area (Å²) in [4.78, 5) is 37.0. The van der Waals surface area contributed by atoms with E-state index in [1.165, 1.54) is 12.1 Å². The van der Waals surface area contributed by atoms with E-state index in [0.717, 1.165) is 22.5 Å². The van der Waals surface area contributed by atoms with Crippen LogP contribution in [0.5, 0.6) is 5.75 Å². The summed E-state index contributed by atoms with van der Waals surface area (Å²) >= 11 is 0. The summed E-state index contributed by atoms with van der Waals surface area (Å²) in [6.07, 6.45) is 2.30. The van der Waals surface area contributed by atoms with Crippen molar-refractivity contribution in [2.24, 2.45) is 0 Å². The molecular formula is C28H24N6O3. The number of nitrogens with two attached hydrogens (primary N) is 1. The number of aromatic hydroxyl groups is 1. The standard InChI is InChI=1S/C28H24N6O3/c1-17-4-11-23-28(32-17)34(27(33-23)22-3-2-12-30-26(22)29)21-9-6-18(7-10-21)15-31-25(37)14-19-5-8-20(16-35)24(36)13-19/h2-13,16,36H,14-15H2,1H3,(H2,29,30)(H,31,37). The molecule has 37 heavy (non-hydrogen) atoms. The molecule has 0 bridgehead atoms. The van der Waals surface area contributed by atoms with Crippen molar-refractivity contribution in [2.75, 3.05) is 5.73 Å². The number of phenols is 1. The molecule has 3 heterocycles. The molecule has 0 saturated carbocycles. The monoisotopic (exact) mass is 492 g/mol. The predicted octanol–water partition coefficient (Wildman–Crippen LogP) is 3.75. The number of aromatic nitrogens is 4.